The van der Waals surface area contributed by atoms with Crippen LogP contribution in [-0.4, -0.2) is 24.4 Å². The fourth-order valence-corrected chi connectivity index (χ4v) is 4.13. The lowest BCUT2D eigenvalue weighted by Crippen LogP contribution is -2.27. The van der Waals surface area contributed by atoms with Crippen LogP contribution < -0.4 is 14.4 Å². The summed E-state index contributed by atoms with van der Waals surface area (Å²) >= 11 is 10.1. The second-order valence-electron chi connectivity index (χ2n) is 5.08. The number of rotatable bonds is 4. The molecule has 1 heterocycles. The van der Waals surface area contributed by atoms with Gasteiger partial charge >= 0.3 is 0 Å². The van der Waals surface area contributed by atoms with E-state index in [1.807, 2.05) is 36.4 Å². The Kier molecular flexibility index (Phi) is 5.46. The first kappa shape index (κ1) is 18.0. The van der Waals surface area contributed by atoms with Gasteiger partial charge < -0.3 is 9.47 Å². The van der Waals surface area contributed by atoms with Crippen molar-refractivity contribution in [3.05, 3.63) is 57.4 Å². The van der Waals surface area contributed by atoms with Crippen LogP contribution in [0.15, 0.2) is 51.8 Å². The van der Waals surface area contributed by atoms with Crippen molar-refractivity contribution in [2.24, 2.45) is 0 Å². The Balaban J connectivity index is 1.97. The number of anilines is 1. The summed E-state index contributed by atoms with van der Waals surface area (Å²) in [6.07, 6.45) is 1.79. The van der Waals surface area contributed by atoms with Crippen LogP contribution in [-0.2, 0) is 4.79 Å². The van der Waals surface area contributed by atoms with E-state index in [9.17, 15) is 4.79 Å². The Labute approximate surface area is 163 Å². The molecule has 1 fully saturated rings. The first-order valence-electron chi connectivity index (χ1n) is 7.29. The Morgan fingerprint density at radius 2 is 1.92 bits per heavy atom. The molecule has 0 saturated carbocycles. The molecule has 0 aromatic heterocycles. The number of para-hydroxylation sites is 1. The van der Waals surface area contributed by atoms with Crippen LogP contribution in [0.2, 0.25) is 0 Å². The summed E-state index contributed by atoms with van der Waals surface area (Å²) in [4.78, 5) is 14.9. The fourth-order valence-electron chi connectivity index (χ4n) is 2.39. The number of methoxy groups -OCH3 is 2. The highest BCUT2D eigenvalue weighted by molar-refractivity contribution is 9.10. The van der Waals surface area contributed by atoms with Crippen molar-refractivity contribution >= 4 is 61.9 Å². The van der Waals surface area contributed by atoms with Gasteiger partial charge in [-0.2, -0.15) is 0 Å². The van der Waals surface area contributed by atoms with E-state index in [1.165, 1.54) is 16.7 Å². The van der Waals surface area contributed by atoms with Crippen LogP contribution >= 0.6 is 39.9 Å². The highest BCUT2D eigenvalue weighted by Gasteiger charge is 2.34. The normalized spacial score (nSPS) is 15.8. The van der Waals surface area contributed by atoms with E-state index in [4.69, 9.17) is 21.7 Å². The molecular formula is C18H14BrNO3S2. The molecule has 0 unspecified atom stereocenters. The predicted octanol–water partition coefficient (Wildman–Crippen LogP) is 4.87. The van der Waals surface area contributed by atoms with E-state index in [-0.39, 0.29) is 5.91 Å². The number of nitrogens with zero attached hydrogens (tertiary/aromatic N) is 1. The van der Waals surface area contributed by atoms with E-state index in [2.05, 4.69) is 15.9 Å². The minimum atomic E-state index is -0.153. The molecule has 0 spiro atoms. The molecule has 1 amide bonds. The summed E-state index contributed by atoms with van der Waals surface area (Å²) < 4.78 is 11.9. The zero-order chi connectivity index (χ0) is 18.0. The SMILES string of the molecule is COc1ccc(/C=C2\SC(=S)N(c3ccccc3Br)C2=O)c(OC)c1. The Hall–Kier alpha value is -1.83. The molecule has 0 bridgehead atoms. The lowest BCUT2D eigenvalue weighted by Gasteiger charge is -2.16. The first-order chi connectivity index (χ1) is 12.0. The standard InChI is InChI=1S/C18H14BrNO3S2/c1-22-12-8-7-11(15(10-12)23-2)9-16-17(21)20(18(24)25-16)14-6-4-3-5-13(14)19/h3-10H,1-2H3/b16-9-. The average Bonchev–Trinajstić information content (AvgIpc) is 2.89. The molecule has 7 heteroatoms. The first-order valence-corrected chi connectivity index (χ1v) is 9.31. The highest BCUT2D eigenvalue weighted by Crippen LogP contribution is 2.39. The number of ether oxygens (including phenoxy) is 2. The summed E-state index contributed by atoms with van der Waals surface area (Å²) in [5.41, 5.74) is 1.52. The highest BCUT2D eigenvalue weighted by atomic mass is 79.9. The van der Waals surface area contributed by atoms with Crippen molar-refractivity contribution in [2.75, 3.05) is 19.1 Å². The third-order valence-electron chi connectivity index (χ3n) is 3.61. The minimum Gasteiger partial charge on any atom is -0.497 e. The van der Waals surface area contributed by atoms with Gasteiger partial charge in [0.25, 0.3) is 5.91 Å². The maximum Gasteiger partial charge on any atom is 0.270 e. The molecular weight excluding hydrogens is 422 g/mol. The summed E-state index contributed by atoms with van der Waals surface area (Å²) in [7, 11) is 3.18. The second kappa shape index (κ2) is 7.59. The Morgan fingerprint density at radius 3 is 2.60 bits per heavy atom. The van der Waals surface area contributed by atoms with Crippen LogP contribution in [0.25, 0.3) is 6.08 Å². The summed E-state index contributed by atoms with van der Waals surface area (Å²) in [6, 6.07) is 12.9. The molecule has 4 nitrogen and oxygen atoms in total. The summed E-state index contributed by atoms with van der Waals surface area (Å²) in [5.74, 6) is 1.17. The number of hydrogen-bond acceptors (Lipinski definition) is 5. The smallest absolute Gasteiger partial charge is 0.270 e. The monoisotopic (exact) mass is 435 g/mol. The van der Waals surface area contributed by atoms with E-state index in [0.29, 0.717) is 20.7 Å². The van der Waals surface area contributed by atoms with Gasteiger partial charge in [0.15, 0.2) is 4.32 Å². The van der Waals surface area contributed by atoms with Gasteiger partial charge in [-0.1, -0.05) is 36.1 Å². The molecule has 128 valence electrons. The van der Waals surface area contributed by atoms with Crippen LogP contribution in [0.5, 0.6) is 11.5 Å². The van der Waals surface area contributed by atoms with Crippen LogP contribution in [0.1, 0.15) is 5.56 Å². The largest absolute Gasteiger partial charge is 0.497 e. The molecule has 1 aliphatic heterocycles. The number of amides is 1. The zero-order valence-corrected chi connectivity index (χ0v) is 16.7. The molecule has 0 radical (unpaired) electrons. The lowest BCUT2D eigenvalue weighted by atomic mass is 10.1. The van der Waals surface area contributed by atoms with E-state index >= 15 is 0 Å². The molecule has 2 aromatic rings. The van der Waals surface area contributed by atoms with E-state index in [0.717, 1.165) is 15.7 Å². The maximum atomic E-state index is 12.9. The average molecular weight is 436 g/mol. The van der Waals surface area contributed by atoms with Gasteiger partial charge in [-0.15, -0.1) is 0 Å². The Morgan fingerprint density at radius 1 is 1.16 bits per heavy atom. The van der Waals surface area contributed by atoms with Crippen molar-refractivity contribution in [2.45, 2.75) is 0 Å². The summed E-state index contributed by atoms with van der Waals surface area (Å²) in [6.45, 7) is 0. The quantitative estimate of drug-likeness (QED) is 0.505. The molecule has 3 rings (SSSR count). The number of carbonyl (C=O) groups excluding carboxylic acids is 1. The molecule has 0 atom stereocenters. The van der Waals surface area contributed by atoms with Gasteiger partial charge in [-0.05, 0) is 46.3 Å². The van der Waals surface area contributed by atoms with Gasteiger partial charge in [0.05, 0.1) is 24.8 Å². The van der Waals surface area contributed by atoms with Crippen LogP contribution in [0.4, 0.5) is 5.69 Å². The number of thiocarbonyl (C=S) groups is 1. The van der Waals surface area contributed by atoms with Crippen molar-refractivity contribution < 1.29 is 14.3 Å². The van der Waals surface area contributed by atoms with Crippen molar-refractivity contribution in [1.82, 2.24) is 0 Å². The molecule has 0 aliphatic carbocycles. The van der Waals surface area contributed by atoms with Gasteiger partial charge in [0, 0.05) is 16.1 Å². The summed E-state index contributed by atoms with van der Waals surface area (Å²) in [5, 5.41) is 0. The number of halogens is 1. The van der Waals surface area contributed by atoms with Crippen molar-refractivity contribution in [1.29, 1.82) is 0 Å². The number of thioether (sulfide) groups is 1. The van der Waals surface area contributed by atoms with Gasteiger partial charge in [0.1, 0.15) is 11.5 Å². The molecule has 2 aromatic carbocycles. The van der Waals surface area contributed by atoms with E-state index in [1.54, 1.807) is 26.4 Å². The molecule has 0 N–H and O–H groups in total. The van der Waals surface area contributed by atoms with E-state index < -0.39 is 0 Å². The molecule has 1 saturated heterocycles. The second-order valence-corrected chi connectivity index (χ2v) is 7.61. The van der Waals surface area contributed by atoms with Crippen molar-refractivity contribution in [3.63, 3.8) is 0 Å². The van der Waals surface area contributed by atoms with Crippen LogP contribution in [0, 0.1) is 0 Å². The number of carbonyl (C=O) groups is 1. The van der Waals surface area contributed by atoms with Gasteiger partial charge in [-0.3, -0.25) is 9.69 Å². The number of benzene rings is 2. The molecule has 25 heavy (non-hydrogen) atoms. The molecule has 1 aliphatic rings. The minimum absolute atomic E-state index is 0.153. The van der Waals surface area contributed by atoms with Crippen molar-refractivity contribution in [3.8, 4) is 11.5 Å². The fraction of sp³-hybridized carbons (Fsp3) is 0.111. The Bertz CT molecular complexity index is 882. The van der Waals surface area contributed by atoms with Gasteiger partial charge in [0.2, 0.25) is 0 Å². The zero-order valence-electron chi connectivity index (χ0n) is 13.5. The third kappa shape index (κ3) is 3.58. The topological polar surface area (TPSA) is 38.8 Å². The maximum absolute atomic E-state index is 12.9. The predicted molar refractivity (Wildman–Crippen MR) is 109 cm³/mol. The van der Waals surface area contributed by atoms with Crippen LogP contribution in [0.3, 0.4) is 0 Å². The lowest BCUT2D eigenvalue weighted by molar-refractivity contribution is -0.113. The third-order valence-corrected chi connectivity index (χ3v) is 5.59. The number of hydrogen-bond donors (Lipinski definition) is 0. The van der Waals surface area contributed by atoms with Gasteiger partial charge in [-0.25, -0.2) is 0 Å².